The van der Waals surface area contributed by atoms with E-state index >= 15 is 0 Å². The molecule has 3 amide bonds. The van der Waals surface area contributed by atoms with Gasteiger partial charge in [-0.15, -0.1) is 0 Å². The molecule has 0 bridgehead atoms. The lowest BCUT2D eigenvalue weighted by molar-refractivity contribution is -0.118. The van der Waals surface area contributed by atoms with Gasteiger partial charge in [0.25, 0.3) is 5.91 Å². The van der Waals surface area contributed by atoms with Crippen LogP contribution in [0.5, 0.6) is 5.75 Å². The Bertz CT molecular complexity index is 956. The second-order valence-corrected chi connectivity index (χ2v) is 6.17. The summed E-state index contributed by atoms with van der Waals surface area (Å²) < 4.78 is 5.20. The van der Waals surface area contributed by atoms with Gasteiger partial charge in [-0.1, -0.05) is 48.5 Å². The average molecular weight is 358 g/mol. The molecule has 5 heteroatoms. The van der Waals surface area contributed by atoms with Crippen LogP contribution in [0, 0.1) is 0 Å². The third kappa shape index (κ3) is 2.93. The molecule has 1 heterocycles. The van der Waals surface area contributed by atoms with E-state index in [1.54, 1.807) is 43.5 Å². The number of para-hydroxylation sites is 1. The van der Waals surface area contributed by atoms with Crippen LogP contribution >= 0.6 is 0 Å². The minimum atomic E-state index is -0.715. The van der Waals surface area contributed by atoms with Crippen molar-refractivity contribution in [2.45, 2.75) is 6.04 Å². The molecule has 1 fully saturated rings. The molecule has 0 aliphatic carbocycles. The van der Waals surface area contributed by atoms with Crippen molar-refractivity contribution in [3.63, 3.8) is 0 Å². The monoisotopic (exact) mass is 358 g/mol. The van der Waals surface area contributed by atoms with Crippen molar-refractivity contribution >= 4 is 23.3 Å². The van der Waals surface area contributed by atoms with Gasteiger partial charge in [0.1, 0.15) is 11.8 Å². The number of ether oxygens (including phenoxy) is 1. The maximum Gasteiger partial charge on any atom is 0.336 e. The number of urea groups is 1. The Balaban J connectivity index is 1.82. The van der Waals surface area contributed by atoms with Crippen LogP contribution in [0.2, 0.25) is 0 Å². The predicted octanol–water partition coefficient (Wildman–Crippen LogP) is 4.41. The molecule has 0 radical (unpaired) electrons. The summed E-state index contributed by atoms with van der Waals surface area (Å²) in [4.78, 5) is 29.3. The molecule has 1 aliphatic rings. The zero-order valence-electron chi connectivity index (χ0n) is 14.8. The van der Waals surface area contributed by atoms with Crippen LogP contribution in [0.15, 0.2) is 84.9 Å². The summed E-state index contributed by atoms with van der Waals surface area (Å²) in [5.41, 5.74) is 1.97. The van der Waals surface area contributed by atoms with Gasteiger partial charge < -0.3 is 4.74 Å². The van der Waals surface area contributed by atoms with Gasteiger partial charge in [-0.05, 0) is 42.0 Å². The largest absolute Gasteiger partial charge is 0.497 e. The number of imide groups is 1. The number of carbonyl (C=O) groups is 2. The van der Waals surface area contributed by atoms with Crippen molar-refractivity contribution < 1.29 is 14.3 Å². The Labute approximate surface area is 157 Å². The minimum absolute atomic E-state index is 0.270. The highest BCUT2D eigenvalue weighted by molar-refractivity contribution is 6.28. The smallest absolute Gasteiger partial charge is 0.336 e. The second-order valence-electron chi connectivity index (χ2n) is 6.17. The molecular weight excluding hydrogens is 340 g/mol. The van der Waals surface area contributed by atoms with Gasteiger partial charge in [0.2, 0.25) is 0 Å². The van der Waals surface area contributed by atoms with Crippen LogP contribution in [0.25, 0.3) is 0 Å². The van der Waals surface area contributed by atoms with Crippen molar-refractivity contribution in [2.24, 2.45) is 0 Å². The minimum Gasteiger partial charge on any atom is -0.497 e. The Hall–Kier alpha value is -3.60. The zero-order chi connectivity index (χ0) is 18.8. The van der Waals surface area contributed by atoms with Crippen LogP contribution in [-0.4, -0.2) is 19.0 Å². The van der Waals surface area contributed by atoms with E-state index in [2.05, 4.69) is 0 Å². The van der Waals surface area contributed by atoms with Gasteiger partial charge in [-0.25, -0.2) is 9.69 Å². The fourth-order valence-corrected chi connectivity index (χ4v) is 3.29. The van der Waals surface area contributed by atoms with E-state index in [1.807, 2.05) is 48.5 Å². The van der Waals surface area contributed by atoms with Crippen molar-refractivity contribution in [1.29, 1.82) is 0 Å². The molecular formula is C22H18N2O3. The Morgan fingerprint density at radius 2 is 1.33 bits per heavy atom. The number of anilines is 2. The van der Waals surface area contributed by atoms with Crippen LogP contribution in [0.3, 0.4) is 0 Å². The maximum atomic E-state index is 13.3. The summed E-state index contributed by atoms with van der Waals surface area (Å²) in [5.74, 6) is 0.418. The van der Waals surface area contributed by atoms with Crippen molar-refractivity contribution in [2.75, 3.05) is 16.9 Å². The predicted molar refractivity (Wildman–Crippen MR) is 104 cm³/mol. The van der Waals surface area contributed by atoms with E-state index in [0.717, 1.165) is 5.56 Å². The lowest BCUT2D eigenvalue weighted by atomic mass is 10.1. The van der Waals surface area contributed by atoms with Crippen LogP contribution in [-0.2, 0) is 4.79 Å². The van der Waals surface area contributed by atoms with Crippen LogP contribution in [0.1, 0.15) is 11.6 Å². The molecule has 27 heavy (non-hydrogen) atoms. The van der Waals surface area contributed by atoms with E-state index in [9.17, 15) is 9.59 Å². The Morgan fingerprint density at radius 3 is 1.93 bits per heavy atom. The van der Waals surface area contributed by atoms with E-state index < -0.39 is 6.04 Å². The van der Waals surface area contributed by atoms with Crippen molar-refractivity contribution in [3.05, 3.63) is 90.5 Å². The lowest BCUT2D eigenvalue weighted by Gasteiger charge is -2.22. The number of hydrogen-bond acceptors (Lipinski definition) is 3. The normalized spacial score (nSPS) is 16.7. The summed E-state index contributed by atoms with van der Waals surface area (Å²) in [5, 5.41) is 0. The van der Waals surface area contributed by atoms with E-state index in [1.165, 1.54) is 9.80 Å². The second kappa shape index (κ2) is 6.96. The van der Waals surface area contributed by atoms with E-state index in [4.69, 9.17) is 4.74 Å². The van der Waals surface area contributed by atoms with Crippen molar-refractivity contribution in [3.8, 4) is 5.75 Å². The maximum absolute atomic E-state index is 13.3. The summed E-state index contributed by atoms with van der Waals surface area (Å²) in [6, 6.07) is 24.4. The van der Waals surface area contributed by atoms with Gasteiger partial charge in [-0.2, -0.15) is 0 Å². The number of benzene rings is 3. The molecule has 5 nitrogen and oxygen atoms in total. The molecule has 0 saturated carbocycles. The average Bonchev–Trinajstić information content (AvgIpc) is 2.99. The topological polar surface area (TPSA) is 49.9 Å². The van der Waals surface area contributed by atoms with Gasteiger partial charge >= 0.3 is 6.03 Å². The number of nitrogens with zero attached hydrogens (tertiary/aromatic N) is 2. The van der Waals surface area contributed by atoms with E-state index in [0.29, 0.717) is 17.1 Å². The Kier molecular flexibility index (Phi) is 4.34. The number of methoxy groups -OCH3 is 1. The third-order valence-corrected chi connectivity index (χ3v) is 4.59. The first-order chi connectivity index (χ1) is 13.2. The standard InChI is InChI=1S/C22H18N2O3/c1-27-19-14-12-18(13-15-19)23-20(16-8-4-2-5-9-16)21(25)24(22(23)26)17-10-6-3-7-11-17/h2-15,20H,1H3. The zero-order valence-corrected chi connectivity index (χ0v) is 14.8. The molecule has 1 atom stereocenters. The molecule has 0 spiro atoms. The first-order valence-electron chi connectivity index (χ1n) is 8.62. The molecule has 134 valence electrons. The highest BCUT2D eigenvalue weighted by Gasteiger charge is 2.47. The van der Waals surface area contributed by atoms with Crippen molar-refractivity contribution in [1.82, 2.24) is 0 Å². The molecule has 0 aromatic heterocycles. The first kappa shape index (κ1) is 16.8. The Morgan fingerprint density at radius 1 is 0.741 bits per heavy atom. The number of rotatable bonds is 4. The van der Waals surface area contributed by atoms with Gasteiger partial charge in [0.05, 0.1) is 12.8 Å². The molecule has 1 saturated heterocycles. The van der Waals surface area contributed by atoms with E-state index in [-0.39, 0.29) is 11.9 Å². The SMILES string of the molecule is COc1ccc(N2C(=O)N(c3ccccc3)C(=O)C2c2ccccc2)cc1. The number of carbonyl (C=O) groups excluding carboxylic acids is 2. The number of amides is 3. The van der Waals surface area contributed by atoms with Gasteiger partial charge in [0.15, 0.2) is 0 Å². The summed E-state index contributed by atoms with van der Waals surface area (Å²) in [6.07, 6.45) is 0. The summed E-state index contributed by atoms with van der Waals surface area (Å²) >= 11 is 0. The quantitative estimate of drug-likeness (QED) is 0.649. The fraction of sp³-hybridized carbons (Fsp3) is 0.0909. The summed E-state index contributed by atoms with van der Waals surface area (Å²) in [6.45, 7) is 0. The van der Waals surface area contributed by atoms with Gasteiger partial charge in [-0.3, -0.25) is 9.69 Å². The molecule has 4 rings (SSSR count). The first-order valence-corrected chi connectivity index (χ1v) is 8.62. The number of hydrogen-bond donors (Lipinski definition) is 0. The summed E-state index contributed by atoms with van der Waals surface area (Å²) in [7, 11) is 1.59. The van der Waals surface area contributed by atoms with Crippen LogP contribution < -0.4 is 14.5 Å². The molecule has 1 unspecified atom stereocenters. The third-order valence-electron chi connectivity index (χ3n) is 4.59. The molecule has 3 aromatic carbocycles. The highest BCUT2D eigenvalue weighted by atomic mass is 16.5. The lowest BCUT2D eigenvalue weighted by Crippen LogP contribution is -2.33. The van der Waals surface area contributed by atoms with Crippen LogP contribution in [0.4, 0.5) is 16.2 Å². The molecule has 1 aliphatic heterocycles. The highest BCUT2D eigenvalue weighted by Crippen LogP contribution is 2.38. The fourth-order valence-electron chi connectivity index (χ4n) is 3.29. The molecule has 0 N–H and O–H groups in total. The van der Waals surface area contributed by atoms with Gasteiger partial charge in [0, 0.05) is 5.69 Å². The molecule has 3 aromatic rings.